The van der Waals surface area contributed by atoms with Crippen LogP contribution >= 0.6 is 11.6 Å². The van der Waals surface area contributed by atoms with Gasteiger partial charge in [-0.3, -0.25) is 4.79 Å². The summed E-state index contributed by atoms with van der Waals surface area (Å²) in [6.45, 7) is 6.93. The molecule has 0 radical (unpaired) electrons. The quantitative estimate of drug-likeness (QED) is 0.783. The Balaban J connectivity index is 1.90. The first-order valence-corrected chi connectivity index (χ1v) is 8.49. The molecule has 0 amide bonds. The average molecular weight is 321 g/mol. The van der Waals surface area contributed by atoms with Crippen LogP contribution in [0.25, 0.3) is 0 Å². The monoisotopic (exact) mass is 320 g/mol. The van der Waals surface area contributed by atoms with Crippen LogP contribution in [0.5, 0.6) is 5.88 Å². The van der Waals surface area contributed by atoms with Crippen LogP contribution in [0, 0.1) is 10.8 Å². The zero-order valence-electron chi connectivity index (χ0n) is 13.3. The first kappa shape index (κ1) is 14.4. The van der Waals surface area contributed by atoms with Crippen LogP contribution in [-0.2, 0) is 16.6 Å². The summed E-state index contributed by atoms with van der Waals surface area (Å²) in [7, 11) is 0. The number of nitrogens with zero attached hydrogens (tertiary/aromatic N) is 2. The van der Waals surface area contributed by atoms with E-state index in [1.54, 1.807) is 0 Å². The predicted molar refractivity (Wildman–Crippen MR) is 83.3 cm³/mol. The van der Waals surface area contributed by atoms with E-state index in [1.165, 1.54) is 0 Å². The van der Waals surface area contributed by atoms with Gasteiger partial charge in [0.25, 0.3) is 0 Å². The largest absolute Gasteiger partial charge is 0.478 e. The number of rotatable bonds is 2. The standard InChI is InChI=1S/C17H21ClN2O2/c1-4-22-13-10-5-8-17-9-16(17,3)11(21)6-7-15(17,2)12(10)19-14(18)20-13/h4-9H2,1-3H3/t15-,16?,17+/m1/s1. The molecule has 0 N–H and O–H groups in total. The van der Waals surface area contributed by atoms with Crippen LogP contribution in [0.1, 0.15) is 57.7 Å². The number of halogens is 1. The number of hydrogen-bond donors (Lipinski definition) is 0. The lowest BCUT2D eigenvalue weighted by atomic mass is 9.55. The second kappa shape index (κ2) is 4.22. The Morgan fingerprint density at radius 3 is 2.68 bits per heavy atom. The van der Waals surface area contributed by atoms with E-state index < -0.39 is 0 Å². The van der Waals surface area contributed by atoms with Crippen molar-refractivity contribution >= 4 is 17.4 Å². The fourth-order valence-electron chi connectivity index (χ4n) is 5.31. The highest BCUT2D eigenvalue weighted by Gasteiger charge is 2.78. The summed E-state index contributed by atoms with van der Waals surface area (Å²) in [5.41, 5.74) is 1.92. The third-order valence-electron chi connectivity index (χ3n) is 6.66. The van der Waals surface area contributed by atoms with E-state index in [1.807, 2.05) is 6.92 Å². The fraction of sp³-hybridized carbons (Fsp3) is 0.706. The molecule has 0 aromatic carbocycles. The van der Waals surface area contributed by atoms with E-state index >= 15 is 0 Å². The van der Waals surface area contributed by atoms with Crippen LogP contribution in [0.15, 0.2) is 0 Å². The molecule has 0 saturated heterocycles. The van der Waals surface area contributed by atoms with Crippen molar-refractivity contribution in [1.29, 1.82) is 0 Å². The normalized spacial score (nSPS) is 38.8. The van der Waals surface area contributed by atoms with Gasteiger partial charge in [0.2, 0.25) is 11.2 Å². The molecule has 1 aromatic heterocycles. The maximum Gasteiger partial charge on any atom is 0.225 e. The van der Waals surface area contributed by atoms with E-state index in [-0.39, 0.29) is 21.5 Å². The van der Waals surface area contributed by atoms with Crippen molar-refractivity contribution < 1.29 is 9.53 Å². The molecule has 1 aromatic rings. The molecule has 3 aliphatic rings. The van der Waals surface area contributed by atoms with Crippen molar-refractivity contribution in [3.05, 3.63) is 16.5 Å². The molecule has 4 nitrogen and oxygen atoms in total. The minimum absolute atomic E-state index is 0.0590. The Bertz CT molecular complexity index is 691. The summed E-state index contributed by atoms with van der Waals surface area (Å²) in [5, 5.41) is 0.250. The Labute approximate surface area is 135 Å². The predicted octanol–water partition coefficient (Wildman–Crippen LogP) is 3.49. The van der Waals surface area contributed by atoms with Gasteiger partial charge in [0.05, 0.1) is 12.3 Å². The number of hydrogen-bond acceptors (Lipinski definition) is 4. The molecule has 0 bridgehead atoms. The molecule has 2 saturated carbocycles. The second-order valence-electron chi connectivity index (χ2n) is 7.40. The Morgan fingerprint density at radius 1 is 1.18 bits per heavy atom. The Hall–Kier alpha value is -1.16. The summed E-state index contributed by atoms with van der Waals surface area (Å²) in [4.78, 5) is 21.3. The van der Waals surface area contributed by atoms with Crippen molar-refractivity contribution in [1.82, 2.24) is 9.97 Å². The molecular formula is C17H21ClN2O2. The summed E-state index contributed by atoms with van der Waals surface area (Å²) in [6, 6.07) is 0. The molecule has 22 heavy (non-hydrogen) atoms. The van der Waals surface area contributed by atoms with Gasteiger partial charge in [0.1, 0.15) is 5.78 Å². The molecule has 5 heteroatoms. The molecule has 1 heterocycles. The highest BCUT2D eigenvalue weighted by atomic mass is 35.5. The molecular weight excluding hydrogens is 300 g/mol. The van der Waals surface area contributed by atoms with Gasteiger partial charge in [-0.25, -0.2) is 4.98 Å². The number of Topliss-reactive ketones (excluding diaryl/α,β-unsaturated/α-hetero) is 1. The van der Waals surface area contributed by atoms with Gasteiger partial charge in [-0.15, -0.1) is 0 Å². The first-order chi connectivity index (χ1) is 10.4. The summed E-state index contributed by atoms with van der Waals surface area (Å²) in [5.74, 6) is 1.06. The lowest BCUT2D eigenvalue weighted by Gasteiger charge is -2.48. The summed E-state index contributed by atoms with van der Waals surface area (Å²) < 4.78 is 5.70. The van der Waals surface area contributed by atoms with Crippen LogP contribution in [0.4, 0.5) is 0 Å². The maximum atomic E-state index is 12.4. The molecule has 4 rings (SSSR count). The third-order valence-corrected chi connectivity index (χ3v) is 6.83. The SMILES string of the molecule is CCOc1nc(Cl)nc2c1CC[C@@]13CC1(C)C(=O)CC[C@]23C. The van der Waals surface area contributed by atoms with Gasteiger partial charge in [-0.2, -0.15) is 4.98 Å². The Morgan fingerprint density at radius 2 is 1.95 bits per heavy atom. The molecule has 3 atom stereocenters. The molecule has 118 valence electrons. The molecule has 1 unspecified atom stereocenters. The van der Waals surface area contributed by atoms with E-state index in [0.717, 1.165) is 36.9 Å². The number of carbonyl (C=O) groups excluding carboxylic acids is 1. The minimum Gasteiger partial charge on any atom is -0.478 e. The zero-order valence-corrected chi connectivity index (χ0v) is 14.1. The lowest BCUT2D eigenvalue weighted by molar-refractivity contribution is -0.129. The van der Waals surface area contributed by atoms with Crippen LogP contribution < -0.4 is 4.74 Å². The number of aromatic nitrogens is 2. The molecule has 2 fully saturated rings. The van der Waals surface area contributed by atoms with E-state index in [4.69, 9.17) is 16.3 Å². The van der Waals surface area contributed by atoms with E-state index in [0.29, 0.717) is 24.7 Å². The van der Waals surface area contributed by atoms with Crippen LogP contribution in [0.2, 0.25) is 5.28 Å². The van der Waals surface area contributed by atoms with Crippen molar-refractivity contribution in [2.24, 2.45) is 10.8 Å². The van der Waals surface area contributed by atoms with Gasteiger partial charge in [0, 0.05) is 22.8 Å². The Kier molecular flexibility index (Phi) is 2.77. The third kappa shape index (κ3) is 1.47. The van der Waals surface area contributed by atoms with Gasteiger partial charge in [-0.1, -0.05) is 13.8 Å². The topological polar surface area (TPSA) is 52.1 Å². The first-order valence-electron chi connectivity index (χ1n) is 8.11. The summed E-state index contributed by atoms with van der Waals surface area (Å²) >= 11 is 6.16. The van der Waals surface area contributed by atoms with Gasteiger partial charge in [0.15, 0.2) is 0 Å². The smallest absolute Gasteiger partial charge is 0.225 e. The van der Waals surface area contributed by atoms with Crippen LogP contribution in [-0.4, -0.2) is 22.4 Å². The number of ether oxygens (including phenoxy) is 1. The van der Waals surface area contributed by atoms with Gasteiger partial charge >= 0.3 is 0 Å². The number of fused-ring (bicyclic) bond motifs is 2. The minimum atomic E-state index is -0.166. The van der Waals surface area contributed by atoms with E-state index in [9.17, 15) is 4.79 Å². The van der Waals surface area contributed by atoms with Gasteiger partial charge in [-0.05, 0) is 49.6 Å². The highest BCUT2D eigenvalue weighted by Crippen LogP contribution is 2.79. The fourth-order valence-corrected chi connectivity index (χ4v) is 5.47. The van der Waals surface area contributed by atoms with Gasteiger partial charge < -0.3 is 4.74 Å². The molecule has 0 aliphatic heterocycles. The molecule has 3 aliphatic carbocycles. The van der Waals surface area contributed by atoms with E-state index in [2.05, 4.69) is 23.8 Å². The number of carbonyl (C=O) groups is 1. The summed E-state index contributed by atoms with van der Waals surface area (Å²) in [6.07, 6.45) is 4.37. The molecule has 1 spiro atoms. The van der Waals surface area contributed by atoms with Crippen molar-refractivity contribution in [3.63, 3.8) is 0 Å². The average Bonchev–Trinajstić information content (AvgIpc) is 3.10. The van der Waals surface area contributed by atoms with Crippen molar-refractivity contribution in [3.8, 4) is 5.88 Å². The lowest BCUT2D eigenvalue weighted by Crippen LogP contribution is -2.47. The number of ketones is 1. The second-order valence-corrected chi connectivity index (χ2v) is 7.74. The zero-order chi connectivity index (χ0) is 15.8. The highest BCUT2D eigenvalue weighted by molar-refractivity contribution is 6.28. The maximum absolute atomic E-state index is 12.4. The van der Waals surface area contributed by atoms with Crippen molar-refractivity contribution in [2.75, 3.05) is 6.61 Å². The van der Waals surface area contributed by atoms with Crippen LogP contribution in [0.3, 0.4) is 0 Å². The van der Waals surface area contributed by atoms with Crippen molar-refractivity contribution in [2.45, 2.75) is 58.3 Å².